The Balaban J connectivity index is 1.57. The second-order valence-electron chi connectivity index (χ2n) is 6.49. The van der Waals surface area contributed by atoms with Crippen LogP contribution in [0, 0.1) is 0 Å². The number of carbonyl (C=O) groups is 1. The zero-order chi connectivity index (χ0) is 14.7. The minimum atomic E-state index is 0.200. The van der Waals surface area contributed by atoms with E-state index >= 15 is 0 Å². The predicted molar refractivity (Wildman–Crippen MR) is 85.6 cm³/mol. The first-order valence-corrected chi connectivity index (χ1v) is 8.36. The zero-order valence-electron chi connectivity index (χ0n) is 13.1. The van der Waals surface area contributed by atoms with Crippen molar-refractivity contribution >= 4 is 5.91 Å². The highest BCUT2D eigenvalue weighted by molar-refractivity contribution is 5.94. The molecule has 0 unspecified atom stereocenters. The minimum Gasteiger partial charge on any atom is -0.336 e. The molecule has 1 aromatic carbocycles. The first-order valence-electron chi connectivity index (χ1n) is 8.36. The van der Waals surface area contributed by atoms with Gasteiger partial charge in [-0.1, -0.05) is 12.1 Å². The van der Waals surface area contributed by atoms with E-state index in [0.29, 0.717) is 6.04 Å². The molecule has 0 aliphatic carbocycles. The highest BCUT2D eigenvalue weighted by Crippen LogP contribution is 2.20. The summed E-state index contributed by atoms with van der Waals surface area (Å²) in [5.41, 5.74) is 2.18. The SMILES string of the molecule is C[C@@H]1CCCN1C(=O)c1ccc(CCN2CCCC2)cc1. The summed E-state index contributed by atoms with van der Waals surface area (Å²) in [5, 5.41) is 0. The van der Waals surface area contributed by atoms with Gasteiger partial charge in [0.2, 0.25) is 0 Å². The lowest BCUT2D eigenvalue weighted by Crippen LogP contribution is -2.33. The van der Waals surface area contributed by atoms with E-state index in [9.17, 15) is 4.79 Å². The highest BCUT2D eigenvalue weighted by Gasteiger charge is 2.25. The van der Waals surface area contributed by atoms with Crippen molar-refractivity contribution in [3.63, 3.8) is 0 Å². The van der Waals surface area contributed by atoms with Crippen molar-refractivity contribution in [2.45, 2.75) is 45.1 Å². The molecule has 3 heteroatoms. The van der Waals surface area contributed by atoms with Gasteiger partial charge in [0.25, 0.3) is 5.91 Å². The fraction of sp³-hybridized carbons (Fsp3) is 0.611. The second kappa shape index (κ2) is 6.61. The minimum absolute atomic E-state index is 0.200. The maximum atomic E-state index is 12.5. The van der Waals surface area contributed by atoms with Crippen molar-refractivity contribution in [3.8, 4) is 0 Å². The van der Waals surface area contributed by atoms with Gasteiger partial charge in [-0.25, -0.2) is 0 Å². The highest BCUT2D eigenvalue weighted by atomic mass is 16.2. The summed E-state index contributed by atoms with van der Waals surface area (Å²) in [4.78, 5) is 17.0. The molecular weight excluding hydrogens is 260 g/mol. The number of hydrogen-bond acceptors (Lipinski definition) is 2. The molecule has 0 saturated carbocycles. The third kappa shape index (κ3) is 3.46. The number of hydrogen-bond donors (Lipinski definition) is 0. The molecule has 0 aromatic heterocycles. The molecule has 1 atom stereocenters. The van der Waals surface area contributed by atoms with E-state index < -0.39 is 0 Å². The van der Waals surface area contributed by atoms with Gasteiger partial charge >= 0.3 is 0 Å². The Morgan fingerprint density at radius 2 is 1.81 bits per heavy atom. The smallest absolute Gasteiger partial charge is 0.254 e. The van der Waals surface area contributed by atoms with Crippen LogP contribution in [0.3, 0.4) is 0 Å². The van der Waals surface area contributed by atoms with E-state index in [2.05, 4.69) is 24.0 Å². The molecule has 2 saturated heterocycles. The summed E-state index contributed by atoms with van der Waals surface area (Å²) in [6, 6.07) is 8.67. The van der Waals surface area contributed by atoms with Gasteiger partial charge in [0.15, 0.2) is 0 Å². The van der Waals surface area contributed by atoms with Crippen LogP contribution in [0.1, 0.15) is 48.5 Å². The normalized spacial score (nSPS) is 22.9. The molecule has 2 aliphatic heterocycles. The largest absolute Gasteiger partial charge is 0.336 e. The van der Waals surface area contributed by atoms with Crippen molar-refractivity contribution < 1.29 is 4.79 Å². The molecule has 0 spiro atoms. The fourth-order valence-electron chi connectivity index (χ4n) is 3.51. The number of rotatable bonds is 4. The lowest BCUT2D eigenvalue weighted by molar-refractivity contribution is 0.0747. The van der Waals surface area contributed by atoms with Gasteiger partial charge in [-0.05, 0) is 69.8 Å². The molecule has 0 radical (unpaired) electrons. The Kier molecular flexibility index (Phi) is 4.59. The lowest BCUT2D eigenvalue weighted by Gasteiger charge is -2.21. The van der Waals surface area contributed by atoms with Crippen molar-refractivity contribution in [2.24, 2.45) is 0 Å². The van der Waals surface area contributed by atoms with Crippen LogP contribution in [-0.4, -0.2) is 47.9 Å². The Morgan fingerprint density at radius 1 is 1.10 bits per heavy atom. The van der Waals surface area contributed by atoms with Crippen LogP contribution in [0.15, 0.2) is 24.3 Å². The van der Waals surface area contributed by atoms with Crippen LogP contribution in [0.5, 0.6) is 0 Å². The Morgan fingerprint density at radius 3 is 2.43 bits per heavy atom. The lowest BCUT2D eigenvalue weighted by atomic mass is 10.1. The van der Waals surface area contributed by atoms with E-state index in [1.165, 1.54) is 31.5 Å². The third-order valence-electron chi connectivity index (χ3n) is 4.93. The Labute approximate surface area is 127 Å². The maximum absolute atomic E-state index is 12.5. The zero-order valence-corrected chi connectivity index (χ0v) is 13.1. The molecule has 2 fully saturated rings. The van der Waals surface area contributed by atoms with Crippen LogP contribution in [0.4, 0.5) is 0 Å². The fourth-order valence-corrected chi connectivity index (χ4v) is 3.51. The van der Waals surface area contributed by atoms with Crippen LogP contribution in [0.25, 0.3) is 0 Å². The van der Waals surface area contributed by atoms with E-state index in [-0.39, 0.29) is 5.91 Å². The van der Waals surface area contributed by atoms with Crippen LogP contribution >= 0.6 is 0 Å². The van der Waals surface area contributed by atoms with Gasteiger partial charge in [-0.3, -0.25) is 4.79 Å². The molecule has 3 nitrogen and oxygen atoms in total. The number of carbonyl (C=O) groups excluding carboxylic acids is 1. The third-order valence-corrected chi connectivity index (χ3v) is 4.93. The van der Waals surface area contributed by atoms with Gasteiger partial charge in [0.05, 0.1) is 0 Å². The predicted octanol–water partition coefficient (Wildman–Crippen LogP) is 2.95. The Bertz CT molecular complexity index is 476. The van der Waals surface area contributed by atoms with Gasteiger partial charge in [-0.15, -0.1) is 0 Å². The summed E-state index contributed by atoms with van der Waals surface area (Å²) in [6.07, 6.45) is 6.07. The van der Waals surface area contributed by atoms with E-state index in [4.69, 9.17) is 0 Å². The second-order valence-corrected chi connectivity index (χ2v) is 6.49. The summed E-state index contributed by atoms with van der Waals surface area (Å²) in [5.74, 6) is 0.200. The van der Waals surface area contributed by atoms with Crippen molar-refractivity contribution in [1.29, 1.82) is 0 Å². The molecule has 1 aromatic rings. The molecule has 0 N–H and O–H groups in total. The molecule has 21 heavy (non-hydrogen) atoms. The van der Waals surface area contributed by atoms with Crippen molar-refractivity contribution in [2.75, 3.05) is 26.2 Å². The summed E-state index contributed by atoms with van der Waals surface area (Å²) >= 11 is 0. The average molecular weight is 286 g/mol. The molecular formula is C18H26N2O. The molecule has 114 valence electrons. The molecule has 0 bridgehead atoms. The summed E-state index contributed by atoms with van der Waals surface area (Å²) in [7, 11) is 0. The van der Waals surface area contributed by atoms with Gasteiger partial charge in [-0.2, -0.15) is 0 Å². The number of nitrogens with zero attached hydrogens (tertiary/aromatic N) is 2. The number of benzene rings is 1. The molecule has 1 amide bonds. The van der Waals surface area contributed by atoms with E-state index in [1.54, 1.807) is 0 Å². The van der Waals surface area contributed by atoms with Crippen molar-refractivity contribution in [3.05, 3.63) is 35.4 Å². The van der Waals surface area contributed by atoms with E-state index in [0.717, 1.165) is 37.9 Å². The number of likely N-dealkylation sites (tertiary alicyclic amines) is 2. The maximum Gasteiger partial charge on any atom is 0.254 e. The van der Waals surface area contributed by atoms with Crippen LogP contribution in [0.2, 0.25) is 0 Å². The summed E-state index contributed by atoms with van der Waals surface area (Å²) < 4.78 is 0. The standard InChI is InChI=1S/C18H26N2O/c1-15-5-4-13-20(15)18(21)17-8-6-16(7-9-17)10-14-19-11-2-3-12-19/h6-9,15H,2-5,10-14H2,1H3/t15-/m1/s1. The first-order chi connectivity index (χ1) is 10.2. The molecule has 2 aliphatic rings. The quantitative estimate of drug-likeness (QED) is 0.849. The molecule has 2 heterocycles. The van der Waals surface area contributed by atoms with Gasteiger partial charge in [0.1, 0.15) is 0 Å². The van der Waals surface area contributed by atoms with Gasteiger partial charge < -0.3 is 9.80 Å². The monoisotopic (exact) mass is 286 g/mol. The number of amides is 1. The summed E-state index contributed by atoms with van der Waals surface area (Å²) in [6.45, 7) is 6.72. The van der Waals surface area contributed by atoms with Crippen molar-refractivity contribution in [1.82, 2.24) is 9.80 Å². The van der Waals surface area contributed by atoms with E-state index in [1.807, 2.05) is 17.0 Å². The van der Waals surface area contributed by atoms with Crippen LogP contribution in [-0.2, 0) is 6.42 Å². The van der Waals surface area contributed by atoms with Crippen LogP contribution < -0.4 is 0 Å². The first kappa shape index (κ1) is 14.6. The average Bonchev–Trinajstić information content (AvgIpc) is 3.16. The Hall–Kier alpha value is -1.35. The van der Waals surface area contributed by atoms with Gasteiger partial charge in [0, 0.05) is 24.7 Å². The topological polar surface area (TPSA) is 23.6 Å². The molecule has 3 rings (SSSR count).